The molecule has 4 fully saturated rings. The van der Waals surface area contributed by atoms with Gasteiger partial charge in [0, 0.05) is 46.2 Å². The first-order valence-corrected chi connectivity index (χ1v) is 16.8. The van der Waals surface area contributed by atoms with Crippen molar-refractivity contribution in [3.8, 4) is 23.0 Å². The van der Waals surface area contributed by atoms with Crippen molar-refractivity contribution in [1.82, 2.24) is 19.9 Å². The van der Waals surface area contributed by atoms with E-state index in [-0.39, 0.29) is 41.5 Å². The van der Waals surface area contributed by atoms with Crippen molar-refractivity contribution < 1.29 is 24.1 Å². The molecule has 4 aliphatic rings. The molecule has 3 atom stereocenters. The summed E-state index contributed by atoms with van der Waals surface area (Å²) in [6.45, 7) is 4.57. The second kappa shape index (κ2) is 11.4. The summed E-state index contributed by atoms with van der Waals surface area (Å²) in [7, 11) is 0. The number of anilines is 1. The molecule has 2 aliphatic carbocycles. The maximum Gasteiger partial charge on any atom is 0.319 e. The van der Waals surface area contributed by atoms with Crippen molar-refractivity contribution in [2.24, 2.45) is 5.41 Å². The number of halogens is 2. The summed E-state index contributed by atoms with van der Waals surface area (Å²) in [5.74, 6) is -0.250. The Kier molecular flexibility index (Phi) is 7.47. The molecule has 0 bridgehead atoms. The average molecular weight is 648 g/mol. The van der Waals surface area contributed by atoms with Crippen molar-refractivity contribution >= 4 is 39.1 Å². The predicted octanol–water partition coefficient (Wildman–Crippen LogP) is 6.11. The summed E-state index contributed by atoms with van der Waals surface area (Å²) in [6, 6.07) is 9.69. The van der Waals surface area contributed by atoms with E-state index in [1.54, 1.807) is 31.3 Å². The number of benzene rings is 2. The molecule has 0 radical (unpaired) electrons. The Balaban J connectivity index is 1.24. The Morgan fingerprint density at radius 1 is 1.13 bits per heavy atom. The smallest absolute Gasteiger partial charge is 0.319 e. The van der Waals surface area contributed by atoms with E-state index in [1.807, 2.05) is 11.0 Å². The van der Waals surface area contributed by atoms with Crippen LogP contribution >= 0.6 is 11.6 Å². The van der Waals surface area contributed by atoms with Crippen molar-refractivity contribution in [1.29, 1.82) is 0 Å². The van der Waals surface area contributed by atoms with Crippen LogP contribution in [0.4, 0.5) is 10.2 Å². The molecule has 9 nitrogen and oxygen atoms in total. The quantitative estimate of drug-likeness (QED) is 0.257. The average Bonchev–Trinajstić information content (AvgIpc) is 3.81. The second-order valence-electron chi connectivity index (χ2n) is 13.9. The highest BCUT2D eigenvalue weighted by molar-refractivity contribution is 6.36. The van der Waals surface area contributed by atoms with E-state index in [0.29, 0.717) is 64.4 Å². The van der Waals surface area contributed by atoms with Crippen molar-refractivity contribution in [2.45, 2.75) is 69.6 Å². The fourth-order valence-corrected chi connectivity index (χ4v) is 8.53. The largest absolute Gasteiger partial charge is 0.508 e. The molecule has 2 aliphatic heterocycles. The van der Waals surface area contributed by atoms with Crippen molar-refractivity contribution in [3.05, 3.63) is 47.4 Å². The summed E-state index contributed by atoms with van der Waals surface area (Å²) >= 11 is 6.60. The molecule has 0 spiro atoms. The number of phenols is 1. The Hall–Kier alpha value is -3.31. The molecule has 3 unspecified atom stereocenters. The van der Waals surface area contributed by atoms with Crippen LogP contribution in [0.25, 0.3) is 32.9 Å². The number of fused-ring (bicyclic) bond motifs is 3. The number of likely N-dealkylation sites (tertiary alicyclic amines) is 1. The zero-order chi connectivity index (χ0) is 31.6. The fourth-order valence-electron chi connectivity index (χ4n) is 8.24. The molecular formula is C35H39ClFN5O4. The van der Waals surface area contributed by atoms with Crippen LogP contribution in [-0.4, -0.2) is 87.2 Å². The lowest BCUT2D eigenvalue weighted by molar-refractivity contribution is -0.0123. The number of nitrogens with zero attached hydrogens (tertiary/aromatic N) is 5. The van der Waals surface area contributed by atoms with Crippen molar-refractivity contribution in [3.63, 3.8) is 0 Å². The highest BCUT2D eigenvalue weighted by atomic mass is 35.5. The number of ether oxygens (including phenoxy) is 2. The summed E-state index contributed by atoms with van der Waals surface area (Å²) in [5.41, 5.74) is -0.669. The standard InChI is InChI=1S/C35H39ClFN5O4/c1-34(44)18-41(13-14-45-19-34)32-25-17-38-30(24-16-23(43)15-21-5-2-6-26(36)28(21)24)29(37)31(25)39-33(40-32)46-20-35-10-3-7-27(35)42(12-4-11-35)22-8-9-22/h2,5-6,15-17,22,27,43-44H,3-4,7-14,18-20H2,1H3. The molecule has 8 rings (SSSR count). The molecule has 11 heteroatoms. The Morgan fingerprint density at radius 3 is 2.83 bits per heavy atom. The van der Waals surface area contributed by atoms with Gasteiger partial charge >= 0.3 is 6.01 Å². The third kappa shape index (κ3) is 5.33. The van der Waals surface area contributed by atoms with Gasteiger partial charge < -0.3 is 24.6 Å². The number of hydrogen-bond donors (Lipinski definition) is 2. The molecule has 242 valence electrons. The maximum absolute atomic E-state index is 16.8. The normalized spacial score (nSPS) is 27.2. The number of pyridine rings is 1. The minimum absolute atomic E-state index is 0.0186. The predicted molar refractivity (Wildman–Crippen MR) is 175 cm³/mol. The van der Waals surface area contributed by atoms with Crippen LogP contribution in [0.3, 0.4) is 0 Å². The van der Waals surface area contributed by atoms with E-state index in [1.165, 1.54) is 31.7 Å². The Labute approximate surface area is 272 Å². The number of β-amino-alcohol motifs (C(OH)–C–C–N with tert-alkyl or cyclic N) is 1. The first-order chi connectivity index (χ1) is 22.2. The van der Waals surface area contributed by atoms with Crippen molar-refractivity contribution in [2.75, 3.05) is 44.4 Å². The SMILES string of the molecule is CC1(O)COCCN(c2nc(OCC34CCCC3N(C3CC3)CCC4)nc3c(F)c(-c4cc(O)cc5cccc(Cl)c45)ncc23)C1. The second-order valence-corrected chi connectivity index (χ2v) is 14.4. The number of aromatic nitrogens is 3. The minimum atomic E-state index is -1.14. The Morgan fingerprint density at radius 2 is 1.98 bits per heavy atom. The third-order valence-electron chi connectivity index (χ3n) is 10.4. The maximum atomic E-state index is 16.8. The van der Waals surface area contributed by atoms with Crippen LogP contribution in [0, 0.1) is 11.2 Å². The van der Waals surface area contributed by atoms with Crippen LogP contribution in [0.15, 0.2) is 36.5 Å². The van der Waals surface area contributed by atoms with Crippen LogP contribution in [-0.2, 0) is 4.74 Å². The molecule has 2 saturated heterocycles. The summed E-state index contributed by atoms with van der Waals surface area (Å²) in [5, 5.41) is 23.6. The third-order valence-corrected chi connectivity index (χ3v) is 10.7. The molecule has 2 saturated carbocycles. The molecule has 2 N–H and O–H groups in total. The molecule has 2 aromatic carbocycles. The summed E-state index contributed by atoms with van der Waals surface area (Å²) < 4.78 is 29.0. The van der Waals surface area contributed by atoms with Gasteiger partial charge in [0.05, 0.1) is 31.8 Å². The minimum Gasteiger partial charge on any atom is -0.508 e. The van der Waals surface area contributed by atoms with Gasteiger partial charge in [0.15, 0.2) is 5.82 Å². The highest BCUT2D eigenvalue weighted by Crippen LogP contribution is 2.51. The van der Waals surface area contributed by atoms with Gasteiger partial charge in [-0.15, -0.1) is 0 Å². The van der Waals surface area contributed by atoms with Gasteiger partial charge in [-0.2, -0.15) is 9.97 Å². The number of phenolic OH excluding ortho intramolecular Hbond substituents is 1. The van der Waals surface area contributed by atoms with Crippen LogP contribution in [0.1, 0.15) is 51.9 Å². The van der Waals surface area contributed by atoms with Gasteiger partial charge in [-0.3, -0.25) is 9.88 Å². The number of hydrogen-bond acceptors (Lipinski definition) is 9. The number of aromatic hydroxyl groups is 1. The van der Waals surface area contributed by atoms with Gasteiger partial charge in [-0.05, 0) is 75.6 Å². The van der Waals surface area contributed by atoms with Crippen LogP contribution < -0.4 is 9.64 Å². The lowest BCUT2D eigenvalue weighted by atomic mass is 9.75. The zero-order valence-corrected chi connectivity index (χ0v) is 26.8. The number of aliphatic hydroxyl groups is 1. The van der Waals surface area contributed by atoms with Gasteiger partial charge in [0.25, 0.3) is 0 Å². The van der Waals surface area contributed by atoms with Crippen LogP contribution in [0.2, 0.25) is 5.02 Å². The molecule has 0 amide bonds. The molecule has 4 aromatic rings. The molecule has 2 aromatic heterocycles. The first-order valence-electron chi connectivity index (χ1n) is 16.4. The zero-order valence-electron chi connectivity index (χ0n) is 26.0. The Bertz CT molecular complexity index is 1820. The first kappa shape index (κ1) is 30.1. The van der Waals surface area contributed by atoms with Gasteiger partial charge in [-0.1, -0.05) is 30.2 Å². The summed E-state index contributed by atoms with van der Waals surface area (Å²) in [4.78, 5) is 18.7. The van der Waals surface area contributed by atoms with Crippen LogP contribution in [0.5, 0.6) is 11.8 Å². The topological polar surface area (TPSA) is 104 Å². The van der Waals surface area contributed by atoms with E-state index in [4.69, 9.17) is 26.1 Å². The van der Waals surface area contributed by atoms with E-state index in [9.17, 15) is 10.2 Å². The van der Waals surface area contributed by atoms with E-state index < -0.39 is 11.4 Å². The molecule has 46 heavy (non-hydrogen) atoms. The molecule has 4 heterocycles. The monoisotopic (exact) mass is 647 g/mol. The van der Waals surface area contributed by atoms with E-state index in [2.05, 4.69) is 14.9 Å². The van der Waals surface area contributed by atoms with Gasteiger partial charge in [0.1, 0.15) is 28.4 Å². The van der Waals surface area contributed by atoms with E-state index in [0.717, 1.165) is 25.8 Å². The number of piperidine rings is 1. The van der Waals surface area contributed by atoms with Gasteiger partial charge in [0.2, 0.25) is 0 Å². The lowest BCUT2D eigenvalue weighted by Crippen LogP contribution is -2.52. The highest BCUT2D eigenvalue weighted by Gasteiger charge is 2.51. The van der Waals surface area contributed by atoms with E-state index >= 15 is 4.39 Å². The lowest BCUT2D eigenvalue weighted by Gasteiger charge is -2.46. The fraction of sp³-hybridized carbons (Fsp3) is 0.514. The summed E-state index contributed by atoms with van der Waals surface area (Å²) in [6.07, 6.45) is 9.81. The number of rotatable bonds is 6. The van der Waals surface area contributed by atoms with Gasteiger partial charge in [-0.25, -0.2) is 4.39 Å². The molecular weight excluding hydrogens is 609 g/mol.